The van der Waals surface area contributed by atoms with E-state index in [0.717, 1.165) is 18.4 Å². The Balaban J connectivity index is 2.47. The Morgan fingerprint density at radius 3 is 2.33 bits per heavy atom. The van der Waals surface area contributed by atoms with Gasteiger partial charge in [0.2, 0.25) is 0 Å². The smallest absolute Gasteiger partial charge is 0.160 e. The third-order valence-electron chi connectivity index (χ3n) is 3.52. The van der Waals surface area contributed by atoms with Gasteiger partial charge in [0, 0.05) is 11.5 Å². The Morgan fingerprint density at radius 2 is 1.93 bits per heavy atom. The lowest BCUT2D eigenvalue weighted by atomic mass is 9.88. The van der Waals surface area contributed by atoms with Gasteiger partial charge < -0.3 is 15.9 Å². The number of rotatable bonds is 2. The molecule has 1 aromatic rings. The Kier molecular flexibility index (Phi) is 2.15. The van der Waals surface area contributed by atoms with Gasteiger partial charge in [0.25, 0.3) is 0 Å². The Labute approximate surface area is 89.5 Å². The zero-order chi connectivity index (χ0) is 11.2. The molecule has 1 aliphatic rings. The van der Waals surface area contributed by atoms with Crippen LogP contribution in [-0.4, -0.2) is 16.3 Å². The Bertz CT molecular complexity index is 372. The quantitative estimate of drug-likeness (QED) is 0.648. The van der Waals surface area contributed by atoms with E-state index in [1.54, 1.807) is 13.0 Å². The predicted molar refractivity (Wildman–Crippen MR) is 59.1 cm³/mol. The van der Waals surface area contributed by atoms with Crippen LogP contribution in [0.15, 0.2) is 12.1 Å². The zero-order valence-electron chi connectivity index (χ0n) is 9.12. The van der Waals surface area contributed by atoms with E-state index in [4.69, 9.17) is 5.73 Å². The molecule has 1 aromatic carbocycles. The van der Waals surface area contributed by atoms with Crippen LogP contribution in [0, 0.1) is 6.92 Å². The summed E-state index contributed by atoms with van der Waals surface area (Å²) in [5.74, 6) is -0.0730. The van der Waals surface area contributed by atoms with Crippen molar-refractivity contribution < 1.29 is 10.2 Å². The lowest BCUT2D eigenvalue weighted by molar-refractivity contribution is 0.399. The number of benzene rings is 1. The second-order valence-electron chi connectivity index (χ2n) is 4.61. The van der Waals surface area contributed by atoms with E-state index in [2.05, 4.69) is 0 Å². The molecule has 1 saturated carbocycles. The van der Waals surface area contributed by atoms with E-state index in [9.17, 15) is 10.2 Å². The van der Waals surface area contributed by atoms with E-state index in [1.165, 1.54) is 0 Å². The van der Waals surface area contributed by atoms with Gasteiger partial charge in [-0.2, -0.15) is 0 Å². The van der Waals surface area contributed by atoms with Gasteiger partial charge in [-0.3, -0.25) is 0 Å². The number of nitrogens with two attached hydrogens (primary N) is 1. The fourth-order valence-corrected chi connectivity index (χ4v) is 2.19. The van der Waals surface area contributed by atoms with Gasteiger partial charge in [0.1, 0.15) is 0 Å². The van der Waals surface area contributed by atoms with Crippen LogP contribution in [0.3, 0.4) is 0 Å². The highest BCUT2D eigenvalue weighted by molar-refractivity contribution is 5.50. The van der Waals surface area contributed by atoms with E-state index >= 15 is 0 Å². The first-order valence-electron chi connectivity index (χ1n) is 5.26. The van der Waals surface area contributed by atoms with Crippen LogP contribution < -0.4 is 5.73 Å². The first-order chi connectivity index (χ1) is 6.97. The van der Waals surface area contributed by atoms with Gasteiger partial charge in [0.05, 0.1) is 0 Å². The molecular formula is C12H17NO2. The molecule has 4 N–H and O–H groups in total. The summed E-state index contributed by atoms with van der Waals surface area (Å²) in [5, 5.41) is 19.0. The highest BCUT2D eigenvalue weighted by Gasteiger charge is 2.47. The highest BCUT2D eigenvalue weighted by Crippen LogP contribution is 2.52. The third-order valence-corrected chi connectivity index (χ3v) is 3.52. The van der Waals surface area contributed by atoms with Crippen molar-refractivity contribution in [2.75, 3.05) is 0 Å². The molecule has 0 amide bonds. The minimum Gasteiger partial charge on any atom is -0.504 e. The molecule has 0 saturated heterocycles. The average Bonchev–Trinajstić information content (AvgIpc) is 2.93. The predicted octanol–water partition coefficient (Wildman–Crippen LogP) is 1.79. The van der Waals surface area contributed by atoms with E-state index < -0.39 is 0 Å². The second-order valence-corrected chi connectivity index (χ2v) is 4.61. The molecule has 3 heteroatoms. The summed E-state index contributed by atoms with van der Waals surface area (Å²) < 4.78 is 0. The Hall–Kier alpha value is -1.22. The number of phenols is 2. The maximum Gasteiger partial charge on any atom is 0.160 e. The molecule has 15 heavy (non-hydrogen) atoms. The molecule has 0 radical (unpaired) electrons. The standard InChI is InChI=1S/C12H17NO2/c1-7-5-9(6-10(14)11(7)15)12(3-4-12)8(2)13/h5-6,8,14-15H,3-4,13H2,1-2H3. The van der Waals surface area contributed by atoms with Gasteiger partial charge in [-0.1, -0.05) is 6.07 Å². The maximum absolute atomic E-state index is 9.56. The van der Waals surface area contributed by atoms with Crippen LogP contribution in [0.1, 0.15) is 30.9 Å². The molecular weight excluding hydrogens is 190 g/mol. The van der Waals surface area contributed by atoms with Crippen molar-refractivity contribution in [1.29, 1.82) is 0 Å². The summed E-state index contributed by atoms with van der Waals surface area (Å²) in [6, 6.07) is 3.64. The van der Waals surface area contributed by atoms with Gasteiger partial charge >= 0.3 is 0 Å². The summed E-state index contributed by atoms with van der Waals surface area (Å²) in [6.07, 6.45) is 2.13. The van der Waals surface area contributed by atoms with E-state index in [0.29, 0.717) is 5.56 Å². The van der Waals surface area contributed by atoms with Crippen LogP contribution in [0.5, 0.6) is 11.5 Å². The number of phenolic OH excluding ortho intramolecular Hbond substituents is 2. The molecule has 0 spiro atoms. The lowest BCUT2D eigenvalue weighted by Crippen LogP contribution is -2.31. The number of aromatic hydroxyl groups is 2. The lowest BCUT2D eigenvalue weighted by Gasteiger charge is -2.21. The normalized spacial score (nSPS) is 19.9. The van der Waals surface area contributed by atoms with Gasteiger partial charge in [-0.05, 0) is 43.9 Å². The number of hydrogen-bond acceptors (Lipinski definition) is 3. The van der Waals surface area contributed by atoms with Gasteiger partial charge in [-0.25, -0.2) is 0 Å². The topological polar surface area (TPSA) is 66.5 Å². The van der Waals surface area contributed by atoms with Crippen molar-refractivity contribution >= 4 is 0 Å². The number of aryl methyl sites for hydroxylation is 1. The minimum atomic E-state index is -0.0445. The SMILES string of the molecule is Cc1cc(C2(C(C)N)CC2)cc(O)c1O. The van der Waals surface area contributed by atoms with Crippen molar-refractivity contribution in [2.45, 2.75) is 38.1 Å². The molecule has 1 unspecified atom stereocenters. The summed E-state index contributed by atoms with van der Waals surface area (Å²) in [5.41, 5.74) is 7.73. The molecule has 0 bridgehead atoms. The molecule has 0 aromatic heterocycles. The summed E-state index contributed by atoms with van der Waals surface area (Å²) in [4.78, 5) is 0. The molecule has 0 aliphatic heterocycles. The first kappa shape index (κ1) is 10.3. The zero-order valence-corrected chi connectivity index (χ0v) is 9.12. The second kappa shape index (κ2) is 3.14. The summed E-state index contributed by atoms with van der Waals surface area (Å²) in [7, 11) is 0. The van der Waals surface area contributed by atoms with E-state index in [-0.39, 0.29) is 23.0 Å². The molecule has 1 atom stereocenters. The summed E-state index contributed by atoms with van der Waals surface area (Å²) in [6.45, 7) is 3.78. The van der Waals surface area contributed by atoms with Gasteiger partial charge in [-0.15, -0.1) is 0 Å². The van der Waals surface area contributed by atoms with Crippen molar-refractivity contribution in [3.63, 3.8) is 0 Å². The fourth-order valence-electron chi connectivity index (χ4n) is 2.19. The maximum atomic E-state index is 9.56. The molecule has 1 aliphatic carbocycles. The minimum absolute atomic E-state index is 0.0238. The molecule has 2 rings (SSSR count). The highest BCUT2D eigenvalue weighted by atomic mass is 16.3. The van der Waals surface area contributed by atoms with Crippen LogP contribution >= 0.6 is 0 Å². The van der Waals surface area contributed by atoms with E-state index in [1.807, 2.05) is 13.0 Å². The third kappa shape index (κ3) is 1.47. The number of hydrogen-bond donors (Lipinski definition) is 3. The summed E-state index contributed by atoms with van der Waals surface area (Å²) >= 11 is 0. The molecule has 82 valence electrons. The average molecular weight is 207 g/mol. The molecule has 1 fully saturated rings. The molecule has 0 heterocycles. The monoisotopic (exact) mass is 207 g/mol. The van der Waals surface area contributed by atoms with Gasteiger partial charge in [0.15, 0.2) is 11.5 Å². The van der Waals surface area contributed by atoms with Crippen molar-refractivity contribution in [3.8, 4) is 11.5 Å². The van der Waals surface area contributed by atoms with Crippen molar-refractivity contribution in [3.05, 3.63) is 23.3 Å². The largest absolute Gasteiger partial charge is 0.504 e. The van der Waals surface area contributed by atoms with Crippen LogP contribution in [-0.2, 0) is 5.41 Å². The van der Waals surface area contributed by atoms with Crippen molar-refractivity contribution in [1.82, 2.24) is 0 Å². The van der Waals surface area contributed by atoms with Crippen LogP contribution in [0.25, 0.3) is 0 Å². The molecule has 3 nitrogen and oxygen atoms in total. The fraction of sp³-hybridized carbons (Fsp3) is 0.500. The van der Waals surface area contributed by atoms with Crippen LogP contribution in [0.2, 0.25) is 0 Å². The van der Waals surface area contributed by atoms with Crippen LogP contribution in [0.4, 0.5) is 0 Å². The van der Waals surface area contributed by atoms with Crippen molar-refractivity contribution in [2.24, 2.45) is 5.73 Å². The Morgan fingerprint density at radius 1 is 1.33 bits per heavy atom. The first-order valence-corrected chi connectivity index (χ1v) is 5.26.